The third-order valence-electron chi connectivity index (χ3n) is 4.46. The first-order valence-electron chi connectivity index (χ1n) is 7.78. The summed E-state index contributed by atoms with van der Waals surface area (Å²) in [6.07, 6.45) is 5.56. The van der Waals surface area contributed by atoms with Gasteiger partial charge < -0.3 is 15.0 Å². The van der Waals surface area contributed by atoms with E-state index in [9.17, 15) is 0 Å². The van der Waals surface area contributed by atoms with Crippen molar-refractivity contribution in [2.75, 3.05) is 27.2 Å². The first-order chi connectivity index (χ1) is 9.70. The summed E-state index contributed by atoms with van der Waals surface area (Å²) in [6.45, 7) is 4.37. The van der Waals surface area contributed by atoms with Crippen LogP contribution in [0.25, 0.3) is 0 Å². The fourth-order valence-electron chi connectivity index (χ4n) is 3.01. The van der Waals surface area contributed by atoms with E-state index in [1.807, 2.05) is 6.07 Å². The molecule has 0 aliphatic heterocycles. The molecule has 1 unspecified atom stereocenters. The predicted octanol–water partition coefficient (Wildman–Crippen LogP) is 3.22. The Morgan fingerprint density at radius 2 is 2.10 bits per heavy atom. The lowest BCUT2D eigenvalue weighted by atomic mass is 10.1. The Hall–Kier alpha value is -1.06. The second-order valence-electron chi connectivity index (χ2n) is 5.87. The molecule has 0 aromatic heterocycles. The van der Waals surface area contributed by atoms with Gasteiger partial charge >= 0.3 is 0 Å². The minimum absolute atomic E-state index is 0.363. The molecular formula is C17H28N2O. The number of methoxy groups -OCH3 is 1. The van der Waals surface area contributed by atoms with E-state index in [1.54, 1.807) is 7.11 Å². The Morgan fingerprint density at radius 3 is 2.80 bits per heavy atom. The van der Waals surface area contributed by atoms with Crippen LogP contribution in [0.4, 0.5) is 0 Å². The molecule has 2 rings (SSSR count). The molecule has 1 aromatic carbocycles. The number of hydrogen-bond donors (Lipinski definition) is 1. The highest BCUT2D eigenvalue weighted by Crippen LogP contribution is 2.22. The molecule has 20 heavy (non-hydrogen) atoms. The van der Waals surface area contributed by atoms with Crippen LogP contribution in [0.2, 0.25) is 0 Å². The van der Waals surface area contributed by atoms with E-state index in [-0.39, 0.29) is 0 Å². The van der Waals surface area contributed by atoms with Gasteiger partial charge in [0.15, 0.2) is 0 Å². The molecule has 0 spiro atoms. The monoisotopic (exact) mass is 276 g/mol. The summed E-state index contributed by atoms with van der Waals surface area (Å²) in [5.41, 5.74) is 1.29. The fraction of sp³-hybridized carbons (Fsp3) is 0.647. The van der Waals surface area contributed by atoms with Gasteiger partial charge in [-0.3, -0.25) is 0 Å². The Kier molecular flexibility index (Phi) is 5.86. The number of rotatable bonds is 7. The molecule has 0 bridgehead atoms. The smallest absolute Gasteiger partial charge is 0.119 e. The van der Waals surface area contributed by atoms with Crippen molar-refractivity contribution in [3.8, 4) is 5.75 Å². The minimum Gasteiger partial charge on any atom is -0.497 e. The van der Waals surface area contributed by atoms with E-state index < -0.39 is 0 Å². The topological polar surface area (TPSA) is 24.5 Å². The van der Waals surface area contributed by atoms with Gasteiger partial charge in [0.05, 0.1) is 7.11 Å². The van der Waals surface area contributed by atoms with Crippen molar-refractivity contribution in [2.45, 2.75) is 44.7 Å². The summed E-state index contributed by atoms with van der Waals surface area (Å²) < 4.78 is 5.28. The van der Waals surface area contributed by atoms with E-state index in [2.05, 4.69) is 42.4 Å². The first kappa shape index (κ1) is 15.3. The fourth-order valence-corrected chi connectivity index (χ4v) is 3.01. The largest absolute Gasteiger partial charge is 0.497 e. The van der Waals surface area contributed by atoms with Crippen molar-refractivity contribution in [1.82, 2.24) is 10.2 Å². The Labute approximate surface area is 123 Å². The molecule has 3 nitrogen and oxygen atoms in total. The molecule has 1 aliphatic rings. The summed E-state index contributed by atoms with van der Waals surface area (Å²) in [7, 11) is 3.97. The maximum atomic E-state index is 5.28. The summed E-state index contributed by atoms with van der Waals surface area (Å²) in [5.74, 6) is 0.930. The molecule has 0 heterocycles. The van der Waals surface area contributed by atoms with E-state index in [1.165, 1.54) is 31.2 Å². The van der Waals surface area contributed by atoms with E-state index in [0.717, 1.165) is 24.9 Å². The normalized spacial score (nSPS) is 17.6. The van der Waals surface area contributed by atoms with Gasteiger partial charge in [0.2, 0.25) is 0 Å². The molecule has 1 fully saturated rings. The van der Waals surface area contributed by atoms with Crippen LogP contribution >= 0.6 is 0 Å². The number of ether oxygens (including phenoxy) is 1. The van der Waals surface area contributed by atoms with Crippen molar-refractivity contribution in [1.29, 1.82) is 0 Å². The number of nitrogens with one attached hydrogen (secondary N) is 1. The lowest BCUT2D eigenvalue weighted by Crippen LogP contribution is -2.36. The first-order valence-corrected chi connectivity index (χ1v) is 7.78. The summed E-state index contributed by atoms with van der Waals surface area (Å²) in [6, 6.07) is 9.48. The number of benzene rings is 1. The lowest BCUT2D eigenvalue weighted by molar-refractivity contribution is 0.243. The van der Waals surface area contributed by atoms with Crippen LogP contribution in [-0.2, 0) is 0 Å². The standard InChI is InChI=1S/C17H28N2O/c1-14(15-7-6-10-17(13-15)20-3)18-11-12-19(2)16-8-4-5-9-16/h6-7,10,13-14,16,18H,4-5,8-9,11-12H2,1-3H3. The van der Waals surface area contributed by atoms with Gasteiger partial charge in [0, 0.05) is 25.2 Å². The zero-order chi connectivity index (χ0) is 14.4. The zero-order valence-electron chi connectivity index (χ0n) is 13.1. The van der Waals surface area contributed by atoms with Crippen molar-refractivity contribution < 1.29 is 4.74 Å². The van der Waals surface area contributed by atoms with Gasteiger partial charge in [-0.15, -0.1) is 0 Å². The van der Waals surface area contributed by atoms with Gasteiger partial charge in [0.1, 0.15) is 5.75 Å². The Bertz CT molecular complexity index is 402. The maximum absolute atomic E-state index is 5.28. The molecule has 1 aliphatic carbocycles. The van der Waals surface area contributed by atoms with Crippen molar-refractivity contribution in [2.24, 2.45) is 0 Å². The SMILES string of the molecule is COc1cccc(C(C)NCCN(C)C2CCCC2)c1. The summed E-state index contributed by atoms with van der Waals surface area (Å²) in [4.78, 5) is 2.51. The Morgan fingerprint density at radius 1 is 1.35 bits per heavy atom. The van der Waals surface area contributed by atoms with Crippen LogP contribution < -0.4 is 10.1 Å². The van der Waals surface area contributed by atoms with Gasteiger partial charge in [-0.25, -0.2) is 0 Å². The molecular weight excluding hydrogens is 248 g/mol. The van der Waals surface area contributed by atoms with Crippen molar-refractivity contribution in [3.05, 3.63) is 29.8 Å². The van der Waals surface area contributed by atoms with E-state index >= 15 is 0 Å². The molecule has 1 aromatic rings. The van der Waals surface area contributed by atoms with Crippen LogP contribution in [0.15, 0.2) is 24.3 Å². The van der Waals surface area contributed by atoms with Crippen LogP contribution in [0, 0.1) is 0 Å². The molecule has 0 radical (unpaired) electrons. The van der Waals surface area contributed by atoms with Crippen LogP contribution in [0.1, 0.15) is 44.2 Å². The van der Waals surface area contributed by atoms with Crippen LogP contribution in [0.3, 0.4) is 0 Å². The average molecular weight is 276 g/mol. The van der Waals surface area contributed by atoms with Gasteiger partial charge in [-0.05, 0) is 44.5 Å². The van der Waals surface area contributed by atoms with Gasteiger partial charge in [-0.1, -0.05) is 25.0 Å². The van der Waals surface area contributed by atoms with Crippen LogP contribution in [0.5, 0.6) is 5.75 Å². The number of hydrogen-bond acceptors (Lipinski definition) is 3. The van der Waals surface area contributed by atoms with E-state index in [0.29, 0.717) is 6.04 Å². The molecule has 112 valence electrons. The average Bonchev–Trinajstić information content (AvgIpc) is 3.01. The molecule has 0 saturated heterocycles. The third kappa shape index (κ3) is 4.22. The minimum atomic E-state index is 0.363. The second kappa shape index (κ2) is 7.65. The van der Waals surface area contributed by atoms with Crippen molar-refractivity contribution in [3.63, 3.8) is 0 Å². The highest BCUT2D eigenvalue weighted by atomic mass is 16.5. The van der Waals surface area contributed by atoms with Crippen LogP contribution in [-0.4, -0.2) is 38.2 Å². The van der Waals surface area contributed by atoms with Gasteiger partial charge in [0.25, 0.3) is 0 Å². The zero-order valence-corrected chi connectivity index (χ0v) is 13.1. The second-order valence-corrected chi connectivity index (χ2v) is 5.87. The predicted molar refractivity (Wildman–Crippen MR) is 84.3 cm³/mol. The lowest BCUT2D eigenvalue weighted by Gasteiger charge is -2.25. The molecule has 3 heteroatoms. The van der Waals surface area contributed by atoms with Gasteiger partial charge in [-0.2, -0.15) is 0 Å². The molecule has 1 saturated carbocycles. The molecule has 1 atom stereocenters. The maximum Gasteiger partial charge on any atom is 0.119 e. The quantitative estimate of drug-likeness (QED) is 0.827. The highest BCUT2D eigenvalue weighted by molar-refractivity contribution is 5.30. The highest BCUT2D eigenvalue weighted by Gasteiger charge is 2.18. The van der Waals surface area contributed by atoms with Crippen molar-refractivity contribution >= 4 is 0 Å². The Balaban J connectivity index is 1.75. The third-order valence-corrected chi connectivity index (χ3v) is 4.46. The van der Waals surface area contributed by atoms with E-state index in [4.69, 9.17) is 4.74 Å². The summed E-state index contributed by atoms with van der Waals surface area (Å²) >= 11 is 0. The number of nitrogens with zero attached hydrogens (tertiary/aromatic N) is 1. The molecule has 1 N–H and O–H groups in total. The molecule has 0 amide bonds. The summed E-state index contributed by atoms with van der Waals surface area (Å²) in [5, 5.41) is 3.61. The number of likely N-dealkylation sites (N-methyl/N-ethyl adjacent to an activating group) is 1.